The van der Waals surface area contributed by atoms with E-state index >= 15 is 0 Å². The molecule has 1 atom stereocenters. The molecule has 0 rings (SSSR count). The average molecular weight is 144 g/mol. The van der Waals surface area contributed by atoms with Crippen LogP contribution in [0.5, 0.6) is 0 Å². The van der Waals surface area contributed by atoms with Crippen molar-refractivity contribution < 1.29 is 5.11 Å². The van der Waals surface area contributed by atoms with Crippen LogP contribution in [0.2, 0.25) is 0 Å². The number of aliphatic hydroxyl groups excluding tert-OH is 1. The SMILES string of the molecule is CCCC(CCC)[C@@H](C)O. The maximum atomic E-state index is 9.27. The lowest BCUT2D eigenvalue weighted by Gasteiger charge is -2.17. The fourth-order valence-corrected chi connectivity index (χ4v) is 1.37. The summed E-state index contributed by atoms with van der Waals surface area (Å²) in [6.07, 6.45) is 4.61. The van der Waals surface area contributed by atoms with Crippen LogP contribution < -0.4 is 0 Å². The Bertz CT molecular complexity index is 63.1. The predicted octanol–water partition coefficient (Wildman–Crippen LogP) is 2.58. The maximum absolute atomic E-state index is 9.27. The van der Waals surface area contributed by atoms with Crippen LogP contribution in [0.15, 0.2) is 0 Å². The van der Waals surface area contributed by atoms with Crippen molar-refractivity contribution in [3.05, 3.63) is 0 Å². The van der Waals surface area contributed by atoms with Crippen molar-refractivity contribution in [3.63, 3.8) is 0 Å². The molecule has 0 amide bonds. The predicted molar refractivity (Wildman–Crippen MR) is 45.0 cm³/mol. The molecule has 0 fully saturated rings. The van der Waals surface area contributed by atoms with Crippen molar-refractivity contribution in [1.82, 2.24) is 0 Å². The molecule has 0 unspecified atom stereocenters. The first kappa shape index (κ1) is 9.96. The van der Waals surface area contributed by atoms with Gasteiger partial charge < -0.3 is 5.11 Å². The number of hydrogen-bond acceptors (Lipinski definition) is 1. The highest BCUT2D eigenvalue weighted by Crippen LogP contribution is 2.16. The van der Waals surface area contributed by atoms with Gasteiger partial charge in [-0.3, -0.25) is 0 Å². The van der Waals surface area contributed by atoms with E-state index in [4.69, 9.17) is 0 Å². The lowest BCUT2D eigenvalue weighted by atomic mass is 9.93. The number of rotatable bonds is 5. The zero-order valence-electron chi connectivity index (χ0n) is 7.43. The van der Waals surface area contributed by atoms with Crippen molar-refractivity contribution in [1.29, 1.82) is 0 Å². The fourth-order valence-electron chi connectivity index (χ4n) is 1.37. The molecule has 0 aromatic heterocycles. The summed E-state index contributed by atoms with van der Waals surface area (Å²) in [5.41, 5.74) is 0. The van der Waals surface area contributed by atoms with Gasteiger partial charge in [-0.05, 0) is 25.7 Å². The first-order chi connectivity index (χ1) is 4.72. The van der Waals surface area contributed by atoms with E-state index in [1.807, 2.05) is 6.92 Å². The second-order valence-corrected chi connectivity index (χ2v) is 3.08. The van der Waals surface area contributed by atoms with E-state index in [1.54, 1.807) is 0 Å². The van der Waals surface area contributed by atoms with Crippen molar-refractivity contribution in [2.75, 3.05) is 0 Å². The molecular weight excluding hydrogens is 124 g/mol. The Morgan fingerprint density at radius 1 is 1.10 bits per heavy atom. The van der Waals surface area contributed by atoms with E-state index in [0.29, 0.717) is 5.92 Å². The topological polar surface area (TPSA) is 20.2 Å². The molecule has 0 spiro atoms. The monoisotopic (exact) mass is 144 g/mol. The van der Waals surface area contributed by atoms with Crippen molar-refractivity contribution >= 4 is 0 Å². The minimum absolute atomic E-state index is 0.111. The molecule has 0 aliphatic heterocycles. The second kappa shape index (κ2) is 5.72. The summed E-state index contributed by atoms with van der Waals surface area (Å²) in [6.45, 7) is 6.24. The summed E-state index contributed by atoms with van der Waals surface area (Å²) < 4.78 is 0. The van der Waals surface area contributed by atoms with Gasteiger partial charge in [-0.1, -0.05) is 26.7 Å². The fraction of sp³-hybridized carbons (Fsp3) is 1.00. The maximum Gasteiger partial charge on any atom is 0.0540 e. The van der Waals surface area contributed by atoms with Crippen LogP contribution >= 0.6 is 0 Å². The number of hydrogen-bond donors (Lipinski definition) is 1. The minimum Gasteiger partial charge on any atom is -0.393 e. The Labute approximate surface area is 64.5 Å². The Balaban J connectivity index is 3.50. The van der Waals surface area contributed by atoms with Crippen molar-refractivity contribution in [2.24, 2.45) is 5.92 Å². The average Bonchev–Trinajstić information content (AvgIpc) is 1.87. The molecule has 0 aliphatic carbocycles. The van der Waals surface area contributed by atoms with Crippen LogP contribution in [0, 0.1) is 5.92 Å². The van der Waals surface area contributed by atoms with Crippen molar-refractivity contribution in [2.45, 2.75) is 52.6 Å². The summed E-state index contributed by atoms with van der Waals surface area (Å²) in [6, 6.07) is 0. The third-order valence-electron chi connectivity index (χ3n) is 2.00. The number of aliphatic hydroxyl groups is 1. The van der Waals surface area contributed by atoms with Gasteiger partial charge in [0, 0.05) is 0 Å². The largest absolute Gasteiger partial charge is 0.393 e. The molecule has 0 aliphatic rings. The van der Waals surface area contributed by atoms with Gasteiger partial charge in [0.05, 0.1) is 6.10 Å². The normalized spacial score (nSPS) is 14.1. The van der Waals surface area contributed by atoms with Crippen LogP contribution in [-0.2, 0) is 0 Å². The molecule has 0 heterocycles. The highest BCUT2D eigenvalue weighted by Gasteiger charge is 2.11. The lowest BCUT2D eigenvalue weighted by Crippen LogP contribution is -2.15. The Morgan fingerprint density at radius 2 is 1.50 bits per heavy atom. The summed E-state index contributed by atoms with van der Waals surface area (Å²) in [7, 11) is 0. The molecule has 1 heteroatoms. The Hall–Kier alpha value is -0.0400. The Kier molecular flexibility index (Phi) is 5.70. The van der Waals surface area contributed by atoms with E-state index in [2.05, 4.69) is 13.8 Å². The van der Waals surface area contributed by atoms with E-state index in [-0.39, 0.29) is 6.10 Å². The van der Waals surface area contributed by atoms with Gasteiger partial charge in [0.1, 0.15) is 0 Å². The molecule has 0 bridgehead atoms. The van der Waals surface area contributed by atoms with E-state index in [0.717, 1.165) is 0 Å². The van der Waals surface area contributed by atoms with E-state index in [1.165, 1.54) is 25.7 Å². The smallest absolute Gasteiger partial charge is 0.0540 e. The molecule has 0 aromatic rings. The van der Waals surface area contributed by atoms with Gasteiger partial charge in [0.25, 0.3) is 0 Å². The second-order valence-electron chi connectivity index (χ2n) is 3.08. The van der Waals surface area contributed by atoms with Crippen LogP contribution in [0.1, 0.15) is 46.5 Å². The molecule has 10 heavy (non-hydrogen) atoms. The highest BCUT2D eigenvalue weighted by molar-refractivity contribution is 4.63. The molecule has 0 radical (unpaired) electrons. The van der Waals surface area contributed by atoms with Gasteiger partial charge in [0.2, 0.25) is 0 Å². The van der Waals surface area contributed by atoms with Crippen molar-refractivity contribution in [3.8, 4) is 0 Å². The van der Waals surface area contributed by atoms with Gasteiger partial charge in [-0.15, -0.1) is 0 Å². The molecule has 0 aromatic carbocycles. The zero-order chi connectivity index (χ0) is 7.98. The molecule has 0 saturated heterocycles. The molecular formula is C9H20O. The summed E-state index contributed by atoms with van der Waals surface area (Å²) in [5, 5.41) is 9.27. The standard InChI is InChI=1S/C9H20O/c1-4-6-9(7-5-2)8(3)10/h8-10H,4-7H2,1-3H3/t8-/m1/s1. The summed E-state index contributed by atoms with van der Waals surface area (Å²) >= 11 is 0. The van der Waals surface area contributed by atoms with E-state index < -0.39 is 0 Å². The van der Waals surface area contributed by atoms with Crippen LogP contribution in [0.25, 0.3) is 0 Å². The first-order valence-corrected chi connectivity index (χ1v) is 4.40. The van der Waals surface area contributed by atoms with Gasteiger partial charge in [-0.25, -0.2) is 0 Å². The third-order valence-corrected chi connectivity index (χ3v) is 2.00. The Morgan fingerprint density at radius 3 is 1.70 bits per heavy atom. The minimum atomic E-state index is -0.111. The highest BCUT2D eigenvalue weighted by atomic mass is 16.3. The molecule has 0 saturated carbocycles. The van der Waals surface area contributed by atoms with Gasteiger partial charge in [-0.2, -0.15) is 0 Å². The summed E-state index contributed by atoms with van der Waals surface area (Å²) in [5.74, 6) is 0.537. The van der Waals surface area contributed by atoms with Crippen LogP contribution in [0.4, 0.5) is 0 Å². The molecule has 1 nitrogen and oxygen atoms in total. The summed E-state index contributed by atoms with van der Waals surface area (Å²) in [4.78, 5) is 0. The first-order valence-electron chi connectivity index (χ1n) is 4.40. The quantitative estimate of drug-likeness (QED) is 0.628. The zero-order valence-corrected chi connectivity index (χ0v) is 7.43. The van der Waals surface area contributed by atoms with Crippen LogP contribution in [0.3, 0.4) is 0 Å². The molecule has 62 valence electrons. The van der Waals surface area contributed by atoms with Crippen LogP contribution in [-0.4, -0.2) is 11.2 Å². The third kappa shape index (κ3) is 3.89. The van der Waals surface area contributed by atoms with Gasteiger partial charge >= 0.3 is 0 Å². The lowest BCUT2D eigenvalue weighted by molar-refractivity contribution is 0.113. The molecule has 1 N–H and O–H groups in total. The van der Waals surface area contributed by atoms with E-state index in [9.17, 15) is 5.11 Å². The van der Waals surface area contributed by atoms with Gasteiger partial charge in [0.15, 0.2) is 0 Å².